The number of aromatic hydroxyl groups is 4. The third-order valence-electron chi connectivity index (χ3n) is 13.0. The quantitative estimate of drug-likeness (QED) is 0.0860. The van der Waals surface area contributed by atoms with Gasteiger partial charge in [0.05, 0.1) is 25.0 Å². The monoisotopic (exact) mass is 772 g/mol. The number of phenols is 4. The van der Waals surface area contributed by atoms with Crippen molar-refractivity contribution in [3.8, 4) is 56.8 Å². The van der Waals surface area contributed by atoms with Gasteiger partial charge in [-0.3, -0.25) is 0 Å². The molecule has 3 aliphatic rings. The second-order valence-electron chi connectivity index (χ2n) is 16.6. The highest BCUT2D eigenvalue weighted by molar-refractivity contribution is 6.12. The van der Waals surface area contributed by atoms with Crippen LogP contribution >= 0.6 is 0 Å². The van der Waals surface area contributed by atoms with Crippen LogP contribution in [0.1, 0.15) is 68.0 Å². The van der Waals surface area contributed by atoms with Crippen LogP contribution in [0.2, 0.25) is 0 Å². The number of ether oxygens (including phenoxy) is 2. The van der Waals surface area contributed by atoms with Crippen LogP contribution in [0.15, 0.2) is 60.1 Å². The number of aryl methyl sites for hydroxylation is 2. The van der Waals surface area contributed by atoms with E-state index >= 15 is 0 Å². The van der Waals surface area contributed by atoms with Gasteiger partial charge in [0.2, 0.25) is 0 Å². The van der Waals surface area contributed by atoms with E-state index in [0.717, 1.165) is 22.3 Å². The summed E-state index contributed by atoms with van der Waals surface area (Å²) in [6.07, 6.45) is 2.65. The Morgan fingerprint density at radius 2 is 1.26 bits per heavy atom. The summed E-state index contributed by atoms with van der Waals surface area (Å²) in [7, 11) is 5.12. The van der Waals surface area contributed by atoms with Crippen molar-refractivity contribution in [2.45, 2.75) is 78.6 Å². The van der Waals surface area contributed by atoms with E-state index in [4.69, 9.17) is 9.47 Å². The summed E-state index contributed by atoms with van der Waals surface area (Å²) in [5, 5.41) is 76.8. The third-order valence-corrected chi connectivity index (χ3v) is 13.0. The van der Waals surface area contributed by atoms with E-state index in [1.54, 1.807) is 18.2 Å². The van der Waals surface area contributed by atoms with Gasteiger partial charge in [0.25, 0.3) is 0 Å². The molecular formula is C47H52N2O8. The van der Waals surface area contributed by atoms with E-state index in [9.17, 15) is 30.6 Å². The Hall–Kier alpha value is -5.58. The molecule has 1 aliphatic carbocycles. The average molecular weight is 773 g/mol. The number of hydrogen-bond acceptors (Lipinski definition) is 10. The largest absolute Gasteiger partial charge is 0.512 e. The van der Waals surface area contributed by atoms with Gasteiger partial charge in [0, 0.05) is 64.3 Å². The second-order valence-corrected chi connectivity index (χ2v) is 16.6. The number of aliphatic hydroxyl groups excluding tert-OH is 2. The van der Waals surface area contributed by atoms with Crippen LogP contribution in [0.4, 0.5) is 0 Å². The topological polar surface area (TPSA) is 155 Å². The molecule has 57 heavy (non-hydrogen) atoms. The van der Waals surface area contributed by atoms with Crippen LogP contribution in [-0.2, 0) is 6.42 Å². The van der Waals surface area contributed by atoms with E-state index in [-0.39, 0.29) is 81.6 Å². The number of nitrogens with zero attached hydrogens (tertiary/aromatic N) is 1. The lowest BCUT2D eigenvalue weighted by atomic mass is 9.68. The molecule has 10 heteroatoms. The summed E-state index contributed by atoms with van der Waals surface area (Å²) in [4.78, 5) is 2.25. The number of rotatable bonds is 5. The van der Waals surface area contributed by atoms with Crippen LogP contribution in [0, 0.1) is 25.7 Å². The Labute approximate surface area is 332 Å². The molecule has 0 bridgehead atoms. The maximum Gasteiger partial charge on any atom is 0.165 e. The van der Waals surface area contributed by atoms with Crippen molar-refractivity contribution in [2.24, 2.45) is 11.8 Å². The van der Waals surface area contributed by atoms with E-state index in [1.165, 1.54) is 20.3 Å². The third kappa shape index (κ3) is 5.83. The van der Waals surface area contributed by atoms with Crippen LogP contribution in [0.5, 0.6) is 34.5 Å². The molecule has 5 aromatic rings. The van der Waals surface area contributed by atoms with Crippen LogP contribution in [-0.4, -0.2) is 74.9 Å². The van der Waals surface area contributed by atoms with Gasteiger partial charge in [-0.25, -0.2) is 0 Å². The summed E-state index contributed by atoms with van der Waals surface area (Å²) < 4.78 is 11.8. The number of allylic oxidation sites excluding steroid dienone is 2. The molecule has 10 nitrogen and oxygen atoms in total. The normalized spacial score (nSPS) is 23.7. The minimum absolute atomic E-state index is 0.0400. The lowest BCUT2D eigenvalue weighted by Crippen LogP contribution is -2.51. The van der Waals surface area contributed by atoms with E-state index < -0.39 is 0 Å². The zero-order chi connectivity index (χ0) is 40.9. The average Bonchev–Trinajstić information content (AvgIpc) is 3.15. The molecule has 0 radical (unpaired) electrons. The molecule has 0 amide bonds. The number of methoxy groups -OCH3 is 2. The number of fused-ring (bicyclic) bond motifs is 4. The first-order valence-electron chi connectivity index (χ1n) is 19.6. The molecule has 7 N–H and O–H groups in total. The van der Waals surface area contributed by atoms with Crippen molar-refractivity contribution in [1.29, 1.82) is 0 Å². The van der Waals surface area contributed by atoms with E-state index in [0.29, 0.717) is 68.1 Å². The summed E-state index contributed by atoms with van der Waals surface area (Å²) in [5.41, 5.74) is 6.17. The van der Waals surface area contributed by atoms with Crippen LogP contribution in [0.25, 0.3) is 49.4 Å². The van der Waals surface area contributed by atoms with Crippen molar-refractivity contribution >= 4 is 27.1 Å². The molecule has 6 unspecified atom stereocenters. The van der Waals surface area contributed by atoms with Gasteiger partial charge < -0.3 is 50.3 Å². The number of nitrogens with one attached hydrogen (secondary N) is 1. The van der Waals surface area contributed by atoms with Gasteiger partial charge in [0.15, 0.2) is 11.5 Å². The summed E-state index contributed by atoms with van der Waals surface area (Å²) >= 11 is 0. The summed E-state index contributed by atoms with van der Waals surface area (Å²) in [5.74, 6) is -0.584. The van der Waals surface area contributed by atoms with E-state index in [1.807, 2.05) is 52.1 Å². The highest BCUT2D eigenvalue weighted by Crippen LogP contribution is 2.56. The molecule has 1 fully saturated rings. The number of aliphatic hydroxyl groups is 2. The number of benzene rings is 5. The van der Waals surface area contributed by atoms with Crippen molar-refractivity contribution in [1.82, 2.24) is 10.2 Å². The van der Waals surface area contributed by atoms with Crippen molar-refractivity contribution in [3.05, 3.63) is 87.9 Å². The fourth-order valence-electron chi connectivity index (χ4n) is 10.2. The zero-order valence-corrected chi connectivity index (χ0v) is 33.9. The lowest BCUT2D eigenvalue weighted by molar-refractivity contribution is 0.0523. The van der Waals surface area contributed by atoms with E-state index in [2.05, 4.69) is 31.0 Å². The fraction of sp³-hybridized carbons (Fsp3) is 0.362. The lowest BCUT2D eigenvalue weighted by Gasteiger charge is -2.48. The number of likely N-dealkylation sites (tertiary alicyclic amines) is 1. The second kappa shape index (κ2) is 13.8. The zero-order valence-electron chi connectivity index (χ0n) is 33.9. The highest BCUT2D eigenvalue weighted by Gasteiger charge is 2.45. The van der Waals surface area contributed by atoms with Gasteiger partial charge in [0.1, 0.15) is 34.5 Å². The highest BCUT2D eigenvalue weighted by atomic mass is 16.5. The minimum atomic E-state index is -0.302. The first-order valence-corrected chi connectivity index (χ1v) is 19.6. The summed E-state index contributed by atoms with van der Waals surface area (Å²) in [6.45, 7) is 12.2. The minimum Gasteiger partial charge on any atom is -0.512 e. The molecule has 1 saturated heterocycles. The molecule has 6 atom stereocenters. The fourth-order valence-corrected chi connectivity index (χ4v) is 10.2. The first-order chi connectivity index (χ1) is 27.1. The number of piperidine rings is 1. The molecule has 5 aromatic carbocycles. The van der Waals surface area contributed by atoms with Crippen molar-refractivity contribution in [3.63, 3.8) is 0 Å². The van der Waals surface area contributed by atoms with Gasteiger partial charge in [-0.05, 0) is 136 Å². The summed E-state index contributed by atoms with van der Waals surface area (Å²) in [6, 6.07) is 12.8. The Balaban J connectivity index is 1.52. The number of phenolic OH excluding ortho intramolecular Hbond substituents is 4. The molecule has 2 heterocycles. The van der Waals surface area contributed by atoms with Gasteiger partial charge in [-0.1, -0.05) is 12.1 Å². The van der Waals surface area contributed by atoms with Crippen molar-refractivity contribution < 1.29 is 40.1 Å². The van der Waals surface area contributed by atoms with Crippen LogP contribution in [0.3, 0.4) is 0 Å². The van der Waals surface area contributed by atoms with Gasteiger partial charge in [-0.15, -0.1) is 0 Å². The Bertz CT molecular complexity index is 2570. The maximum absolute atomic E-state index is 12.5. The molecule has 0 aromatic heterocycles. The Morgan fingerprint density at radius 1 is 0.702 bits per heavy atom. The Kier molecular flexibility index (Phi) is 9.28. The molecule has 298 valence electrons. The molecule has 0 spiro atoms. The standard InChI is InChI=1S/C47H52N2O8/c1-20-10-27-30(41-34-15-23(4)49(7)25(6)40(34)35(50)19-36(41)51)16-32(45(53)43(27)38(12-20)56-8)33-17-31(28-11-21(2)13-39(57-9)44(28)46(33)54)42-29-14-22(3)48-24(5)26(29)18-37(52)47(42)55/h10-13,16-19,22-25,34,40,48,50-55H,14-15H2,1-9H3. The predicted molar refractivity (Wildman–Crippen MR) is 225 cm³/mol. The SMILES string of the molecule is COc1cc(C)cc2c(C3=C(O)C=C(O)C4C3CC(C)N(C)C4C)cc(-c3cc(-c4c(O)c(O)cc5c4CC(C)NC5C)c4cc(C)cc(OC)c4c3O)c(O)c12. The smallest absolute Gasteiger partial charge is 0.165 e. The molecule has 2 aliphatic heterocycles. The van der Waals surface area contributed by atoms with Crippen molar-refractivity contribution in [2.75, 3.05) is 21.3 Å². The Morgan fingerprint density at radius 3 is 1.84 bits per heavy atom. The number of hydrogen-bond donors (Lipinski definition) is 7. The first kappa shape index (κ1) is 38.3. The maximum atomic E-state index is 12.5. The van der Waals surface area contributed by atoms with Crippen LogP contribution < -0.4 is 14.8 Å². The molecule has 0 saturated carbocycles. The van der Waals surface area contributed by atoms with Gasteiger partial charge >= 0.3 is 0 Å². The van der Waals surface area contributed by atoms with Gasteiger partial charge in [-0.2, -0.15) is 0 Å². The molecular weight excluding hydrogens is 721 g/mol. The predicted octanol–water partition coefficient (Wildman–Crippen LogP) is 9.45. The molecule has 8 rings (SSSR count).